The molecular formula is C17H20N6O. The molecule has 1 fully saturated rings. The van der Waals surface area contributed by atoms with Crippen LogP contribution < -0.4 is 5.32 Å². The van der Waals surface area contributed by atoms with Crippen molar-refractivity contribution < 1.29 is 5.11 Å². The summed E-state index contributed by atoms with van der Waals surface area (Å²) in [5.74, 6) is 0.833. The van der Waals surface area contributed by atoms with Gasteiger partial charge in [0.05, 0.1) is 24.4 Å². The van der Waals surface area contributed by atoms with Crippen molar-refractivity contribution in [3.8, 4) is 0 Å². The highest BCUT2D eigenvalue weighted by atomic mass is 16.3. The van der Waals surface area contributed by atoms with Gasteiger partial charge in [-0.15, -0.1) is 0 Å². The Balaban J connectivity index is 1.59. The summed E-state index contributed by atoms with van der Waals surface area (Å²) in [5, 5.41) is 18.2. The molecule has 0 bridgehead atoms. The highest BCUT2D eigenvalue weighted by molar-refractivity contribution is 5.22. The maximum absolute atomic E-state index is 10.2. The Hall–Kier alpha value is -2.51. The number of hydrogen-bond donors (Lipinski definition) is 3. The van der Waals surface area contributed by atoms with Crippen LogP contribution >= 0.6 is 0 Å². The van der Waals surface area contributed by atoms with E-state index in [0.29, 0.717) is 6.42 Å². The lowest BCUT2D eigenvalue weighted by Gasteiger charge is -2.43. The van der Waals surface area contributed by atoms with E-state index in [2.05, 4.69) is 25.4 Å². The summed E-state index contributed by atoms with van der Waals surface area (Å²) in [6, 6.07) is 3.86. The number of aliphatic hydroxyl groups is 1. The number of nitrogens with zero attached hydrogens (tertiary/aromatic N) is 4. The van der Waals surface area contributed by atoms with Gasteiger partial charge in [-0.2, -0.15) is 5.10 Å². The monoisotopic (exact) mass is 324 g/mol. The van der Waals surface area contributed by atoms with E-state index < -0.39 is 6.10 Å². The molecule has 3 aromatic heterocycles. The minimum absolute atomic E-state index is 0.0761. The number of H-pyrrole nitrogens is 1. The molecule has 0 spiro atoms. The summed E-state index contributed by atoms with van der Waals surface area (Å²) >= 11 is 0. The number of pyridine rings is 1. The molecule has 124 valence electrons. The summed E-state index contributed by atoms with van der Waals surface area (Å²) in [4.78, 5) is 11.8. The number of imidazole rings is 1. The van der Waals surface area contributed by atoms with E-state index in [1.165, 1.54) is 0 Å². The molecule has 0 aliphatic heterocycles. The van der Waals surface area contributed by atoms with Crippen LogP contribution in [0, 0.1) is 6.92 Å². The van der Waals surface area contributed by atoms with Crippen LogP contribution in [0.5, 0.6) is 0 Å². The molecule has 3 aromatic rings. The third-order valence-electron chi connectivity index (χ3n) is 4.53. The average Bonchev–Trinajstić information content (AvgIpc) is 3.24. The van der Waals surface area contributed by atoms with Gasteiger partial charge < -0.3 is 10.1 Å². The molecule has 1 aliphatic rings. The number of aromatic amines is 1. The van der Waals surface area contributed by atoms with E-state index in [1.54, 1.807) is 12.4 Å². The average molecular weight is 324 g/mol. The fourth-order valence-corrected chi connectivity index (χ4v) is 3.26. The van der Waals surface area contributed by atoms with Crippen molar-refractivity contribution >= 4 is 0 Å². The van der Waals surface area contributed by atoms with Crippen LogP contribution in [0.2, 0.25) is 0 Å². The first-order valence-electron chi connectivity index (χ1n) is 8.06. The smallest absolute Gasteiger partial charge is 0.127 e. The zero-order chi connectivity index (χ0) is 16.5. The Morgan fingerprint density at radius 2 is 2.29 bits per heavy atom. The molecule has 1 aliphatic carbocycles. The fourth-order valence-electron chi connectivity index (χ4n) is 3.26. The largest absolute Gasteiger partial charge is 0.391 e. The Morgan fingerprint density at radius 1 is 1.38 bits per heavy atom. The molecule has 0 amide bonds. The first-order chi connectivity index (χ1) is 11.7. The van der Waals surface area contributed by atoms with E-state index in [9.17, 15) is 5.11 Å². The Morgan fingerprint density at radius 3 is 2.92 bits per heavy atom. The second kappa shape index (κ2) is 6.18. The van der Waals surface area contributed by atoms with Gasteiger partial charge in [0.2, 0.25) is 0 Å². The second-order valence-corrected chi connectivity index (χ2v) is 6.26. The zero-order valence-corrected chi connectivity index (χ0v) is 13.4. The molecule has 0 aromatic carbocycles. The van der Waals surface area contributed by atoms with Crippen molar-refractivity contribution in [1.82, 2.24) is 30.0 Å². The van der Waals surface area contributed by atoms with Crippen molar-refractivity contribution in [2.24, 2.45) is 0 Å². The van der Waals surface area contributed by atoms with Crippen LogP contribution in [0.4, 0.5) is 0 Å². The van der Waals surface area contributed by atoms with E-state index >= 15 is 0 Å². The van der Waals surface area contributed by atoms with Gasteiger partial charge in [-0.05, 0) is 30.5 Å². The standard InChI is InChI=1S/C17H20N6O/c1-11-8-21-23(10-11)16-13(7-14(16)24)22-15(17-19-5-6-20-17)12-3-2-4-18-9-12/h2-6,8-10,13-16,22,24H,7H2,1H3,(H,19,20)/t13-,14+,15?,16+/m0/s1. The molecule has 4 rings (SSSR count). The lowest BCUT2D eigenvalue weighted by Crippen LogP contribution is -2.55. The molecular weight excluding hydrogens is 304 g/mol. The van der Waals surface area contributed by atoms with Crippen molar-refractivity contribution in [2.45, 2.75) is 37.6 Å². The van der Waals surface area contributed by atoms with Gasteiger partial charge in [0.25, 0.3) is 0 Å². The molecule has 1 unspecified atom stereocenters. The number of hydrogen-bond acceptors (Lipinski definition) is 5. The van der Waals surface area contributed by atoms with Crippen LogP contribution in [0.3, 0.4) is 0 Å². The van der Waals surface area contributed by atoms with E-state index in [0.717, 1.165) is 17.0 Å². The molecule has 0 radical (unpaired) electrons. The fraction of sp³-hybridized carbons (Fsp3) is 0.353. The van der Waals surface area contributed by atoms with Crippen LogP contribution in [0.25, 0.3) is 0 Å². The maximum Gasteiger partial charge on any atom is 0.127 e. The van der Waals surface area contributed by atoms with Crippen LogP contribution in [0.15, 0.2) is 49.3 Å². The summed E-state index contributed by atoms with van der Waals surface area (Å²) in [6.45, 7) is 2.00. The van der Waals surface area contributed by atoms with Crippen LogP contribution in [-0.2, 0) is 0 Å². The summed E-state index contributed by atoms with van der Waals surface area (Å²) in [5.41, 5.74) is 2.12. The number of aromatic nitrogens is 5. The molecule has 3 N–H and O–H groups in total. The number of rotatable bonds is 5. The number of aryl methyl sites for hydroxylation is 1. The molecule has 4 atom stereocenters. The summed E-state index contributed by atoms with van der Waals surface area (Å²) in [6.07, 6.45) is 11.2. The third kappa shape index (κ3) is 2.72. The third-order valence-corrected chi connectivity index (χ3v) is 4.53. The van der Waals surface area contributed by atoms with Crippen LogP contribution in [0.1, 0.15) is 35.5 Å². The second-order valence-electron chi connectivity index (χ2n) is 6.26. The molecule has 7 nitrogen and oxygen atoms in total. The molecule has 7 heteroatoms. The first-order valence-corrected chi connectivity index (χ1v) is 8.06. The zero-order valence-electron chi connectivity index (χ0n) is 13.4. The van der Waals surface area contributed by atoms with E-state index in [4.69, 9.17) is 0 Å². The summed E-state index contributed by atoms with van der Waals surface area (Å²) < 4.78 is 1.85. The van der Waals surface area contributed by atoms with Crippen molar-refractivity contribution in [1.29, 1.82) is 0 Å². The molecule has 1 saturated carbocycles. The van der Waals surface area contributed by atoms with Crippen molar-refractivity contribution in [2.75, 3.05) is 0 Å². The van der Waals surface area contributed by atoms with Gasteiger partial charge in [0.1, 0.15) is 5.82 Å². The summed E-state index contributed by atoms with van der Waals surface area (Å²) in [7, 11) is 0. The minimum atomic E-state index is -0.395. The quantitative estimate of drug-likeness (QED) is 0.659. The van der Waals surface area contributed by atoms with Gasteiger partial charge in [-0.3, -0.25) is 15.0 Å². The van der Waals surface area contributed by atoms with Gasteiger partial charge in [-0.25, -0.2) is 4.98 Å². The van der Waals surface area contributed by atoms with Gasteiger partial charge in [-0.1, -0.05) is 6.07 Å². The maximum atomic E-state index is 10.2. The lowest BCUT2D eigenvalue weighted by atomic mass is 9.82. The van der Waals surface area contributed by atoms with E-state index in [-0.39, 0.29) is 18.1 Å². The lowest BCUT2D eigenvalue weighted by molar-refractivity contribution is -0.0105. The number of aliphatic hydroxyl groups excluding tert-OH is 1. The van der Waals surface area contributed by atoms with Crippen LogP contribution in [-0.4, -0.2) is 42.0 Å². The normalized spacial score (nSPS) is 24.5. The Kier molecular flexibility index (Phi) is 3.87. The van der Waals surface area contributed by atoms with Gasteiger partial charge in [0.15, 0.2) is 0 Å². The predicted molar refractivity (Wildman–Crippen MR) is 88.2 cm³/mol. The molecule has 24 heavy (non-hydrogen) atoms. The highest BCUT2D eigenvalue weighted by Gasteiger charge is 2.43. The Bertz CT molecular complexity index is 785. The first kappa shape index (κ1) is 15.0. The minimum Gasteiger partial charge on any atom is -0.391 e. The highest BCUT2D eigenvalue weighted by Crippen LogP contribution is 2.35. The van der Waals surface area contributed by atoms with E-state index in [1.807, 2.05) is 48.5 Å². The molecule has 3 heterocycles. The number of nitrogens with one attached hydrogen (secondary N) is 2. The Labute approximate surface area is 139 Å². The topological polar surface area (TPSA) is 91.7 Å². The van der Waals surface area contributed by atoms with Gasteiger partial charge in [0, 0.05) is 37.0 Å². The molecule has 0 saturated heterocycles. The SMILES string of the molecule is Cc1cnn([C@H]2[C@H](O)C[C@@H]2NC(c2cccnc2)c2ncc[nH]2)c1. The predicted octanol–water partition coefficient (Wildman–Crippen LogP) is 1.36. The van der Waals surface area contributed by atoms with Crippen molar-refractivity contribution in [3.05, 3.63) is 66.3 Å². The van der Waals surface area contributed by atoms with Crippen molar-refractivity contribution in [3.63, 3.8) is 0 Å². The van der Waals surface area contributed by atoms with Gasteiger partial charge >= 0.3 is 0 Å².